The van der Waals surface area contributed by atoms with Crippen molar-refractivity contribution in [2.45, 2.75) is 51.0 Å². The molecule has 0 heterocycles. The summed E-state index contributed by atoms with van der Waals surface area (Å²) >= 11 is 12.1. The Bertz CT molecular complexity index is 720. The highest BCUT2D eigenvalue weighted by atomic mass is 35.5. The van der Waals surface area contributed by atoms with Crippen molar-refractivity contribution in [3.8, 4) is 6.07 Å². The number of benzene rings is 1. The second kappa shape index (κ2) is 10.7. The highest BCUT2D eigenvalue weighted by Gasteiger charge is 2.32. The number of anilines is 1. The van der Waals surface area contributed by atoms with E-state index in [-0.39, 0.29) is 24.9 Å². The Kier molecular flexibility index (Phi) is 8.56. The van der Waals surface area contributed by atoms with E-state index in [0.717, 1.165) is 25.7 Å². The molecule has 2 amide bonds. The molecule has 2 N–H and O–H groups in total. The van der Waals surface area contributed by atoms with Gasteiger partial charge in [0.1, 0.15) is 5.54 Å². The minimum Gasteiger partial charge on any atom is -0.337 e. The largest absolute Gasteiger partial charge is 0.337 e. The molecule has 0 aliphatic heterocycles. The number of carbonyl (C=O) groups is 2. The van der Waals surface area contributed by atoms with Gasteiger partial charge in [-0.3, -0.25) is 14.5 Å². The number of nitrogens with zero attached hydrogens (tertiary/aromatic N) is 2. The molecule has 1 aromatic carbocycles. The summed E-state index contributed by atoms with van der Waals surface area (Å²) in [7, 11) is 0. The van der Waals surface area contributed by atoms with Crippen molar-refractivity contribution in [1.29, 1.82) is 5.26 Å². The van der Waals surface area contributed by atoms with Crippen LogP contribution in [0.3, 0.4) is 0 Å². The molecule has 1 aliphatic rings. The van der Waals surface area contributed by atoms with Gasteiger partial charge in [0.25, 0.3) is 0 Å². The van der Waals surface area contributed by atoms with Crippen LogP contribution in [0.1, 0.15) is 45.4 Å². The summed E-state index contributed by atoms with van der Waals surface area (Å²) in [6.07, 6.45) is 5.40. The van der Waals surface area contributed by atoms with Crippen molar-refractivity contribution in [2.24, 2.45) is 0 Å². The number of carbonyl (C=O) groups excluding carboxylic acids is 2. The molecule has 152 valence electrons. The van der Waals surface area contributed by atoms with E-state index in [0.29, 0.717) is 35.1 Å². The van der Waals surface area contributed by atoms with Crippen LogP contribution in [0.5, 0.6) is 0 Å². The highest BCUT2D eigenvalue weighted by Crippen LogP contribution is 2.29. The molecule has 0 unspecified atom stereocenters. The average Bonchev–Trinajstić information content (AvgIpc) is 2.90. The number of para-hydroxylation sites is 1. The first-order valence-electron chi connectivity index (χ1n) is 9.57. The molecule has 0 radical (unpaired) electrons. The molecule has 0 spiro atoms. The van der Waals surface area contributed by atoms with Crippen LogP contribution in [0.2, 0.25) is 10.0 Å². The lowest BCUT2D eigenvalue weighted by Gasteiger charge is -2.28. The smallest absolute Gasteiger partial charge is 0.238 e. The Balaban J connectivity index is 1.93. The van der Waals surface area contributed by atoms with Gasteiger partial charge in [-0.1, -0.05) is 61.9 Å². The molecule has 28 heavy (non-hydrogen) atoms. The highest BCUT2D eigenvalue weighted by molar-refractivity contribution is 6.39. The van der Waals surface area contributed by atoms with Crippen LogP contribution in [0.15, 0.2) is 18.2 Å². The Hall–Kier alpha value is -1.81. The SMILES string of the molecule is CCN(CC(=O)Nc1c(Cl)cccc1Cl)CC(=O)NC1(C#N)CCCCCC1. The van der Waals surface area contributed by atoms with Gasteiger partial charge in [-0.15, -0.1) is 0 Å². The van der Waals surface area contributed by atoms with Crippen LogP contribution in [0.4, 0.5) is 5.69 Å². The number of amides is 2. The number of hydrogen-bond acceptors (Lipinski definition) is 4. The van der Waals surface area contributed by atoms with Crippen molar-refractivity contribution >= 4 is 40.7 Å². The fourth-order valence-electron chi connectivity index (χ4n) is 3.39. The van der Waals surface area contributed by atoms with E-state index in [4.69, 9.17) is 23.2 Å². The van der Waals surface area contributed by atoms with Crippen LogP contribution < -0.4 is 10.6 Å². The van der Waals surface area contributed by atoms with Crippen molar-refractivity contribution in [3.63, 3.8) is 0 Å². The molecule has 1 aromatic rings. The first kappa shape index (κ1) is 22.5. The zero-order chi connectivity index (χ0) is 20.6. The molecule has 0 saturated heterocycles. The lowest BCUT2D eigenvalue weighted by Crippen LogP contribution is -2.51. The van der Waals surface area contributed by atoms with Crippen LogP contribution >= 0.6 is 23.2 Å². The quantitative estimate of drug-likeness (QED) is 0.647. The Morgan fingerprint density at radius 3 is 2.21 bits per heavy atom. The molecule has 0 atom stereocenters. The third-order valence-corrected chi connectivity index (χ3v) is 5.59. The Morgan fingerprint density at radius 2 is 1.68 bits per heavy atom. The van der Waals surface area contributed by atoms with E-state index in [1.807, 2.05) is 6.92 Å². The predicted octanol–water partition coefficient (Wildman–Crippen LogP) is 3.99. The summed E-state index contributed by atoms with van der Waals surface area (Å²) in [6.45, 7) is 2.44. The number of nitriles is 1. The molecule has 0 aromatic heterocycles. The van der Waals surface area contributed by atoms with Gasteiger partial charge in [-0.2, -0.15) is 5.26 Å². The van der Waals surface area contributed by atoms with Crippen LogP contribution in [0.25, 0.3) is 0 Å². The van der Waals surface area contributed by atoms with Gasteiger partial charge in [0.15, 0.2) is 0 Å². The molecule has 8 heteroatoms. The third kappa shape index (κ3) is 6.37. The lowest BCUT2D eigenvalue weighted by atomic mass is 9.92. The number of halogens is 2. The second-order valence-electron chi connectivity index (χ2n) is 7.10. The lowest BCUT2D eigenvalue weighted by molar-refractivity contribution is -0.124. The molecular formula is C20H26Cl2N4O2. The zero-order valence-corrected chi connectivity index (χ0v) is 17.6. The number of likely N-dealkylation sites (N-methyl/N-ethyl adjacent to an activating group) is 1. The Labute approximate surface area is 176 Å². The zero-order valence-electron chi connectivity index (χ0n) is 16.1. The number of rotatable bonds is 7. The maximum Gasteiger partial charge on any atom is 0.238 e. The summed E-state index contributed by atoms with van der Waals surface area (Å²) in [6, 6.07) is 7.28. The summed E-state index contributed by atoms with van der Waals surface area (Å²) in [4.78, 5) is 26.6. The van der Waals surface area contributed by atoms with E-state index in [9.17, 15) is 14.9 Å². The topological polar surface area (TPSA) is 85.2 Å². The van der Waals surface area contributed by atoms with Gasteiger partial charge in [-0.25, -0.2) is 0 Å². The fourth-order valence-corrected chi connectivity index (χ4v) is 3.88. The maximum absolute atomic E-state index is 12.5. The summed E-state index contributed by atoms with van der Waals surface area (Å²) in [5.41, 5.74) is -0.432. The number of hydrogen-bond donors (Lipinski definition) is 2. The molecule has 6 nitrogen and oxygen atoms in total. The van der Waals surface area contributed by atoms with Gasteiger partial charge < -0.3 is 10.6 Å². The third-order valence-electron chi connectivity index (χ3n) is 4.96. The first-order chi connectivity index (χ1) is 13.4. The summed E-state index contributed by atoms with van der Waals surface area (Å²) < 4.78 is 0. The second-order valence-corrected chi connectivity index (χ2v) is 7.92. The molecule has 1 aliphatic carbocycles. The van der Waals surface area contributed by atoms with E-state index in [2.05, 4.69) is 16.7 Å². The molecule has 2 rings (SSSR count). The fraction of sp³-hybridized carbons (Fsp3) is 0.550. The van der Waals surface area contributed by atoms with Crippen molar-refractivity contribution in [1.82, 2.24) is 10.2 Å². The Morgan fingerprint density at radius 1 is 1.11 bits per heavy atom. The van der Waals surface area contributed by atoms with E-state index in [1.165, 1.54) is 0 Å². The molecular weight excluding hydrogens is 399 g/mol. The van der Waals surface area contributed by atoms with Gasteiger partial charge >= 0.3 is 0 Å². The van der Waals surface area contributed by atoms with Crippen molar-refractivity contribution in [2.75, 3.05) is 25.0 Å². The van der Waals surface area contributed by atoms with Gasteiger partial charge in [0, 0.05) is 0 Å². The molecule has 0 bridgehead atoms. The van der Waals surface area contributed by atoms with Gasteiger partial charge in [0.05, 0.1) is 34.9 Å². The van der Waals surface area contributed by atoms with Crippen LogP contribution in [-0.2, 0) is 9.59 Å². The maximum atomic E-state index is 12.5. The summed E-state index contributed by atoms with van der Waals surface area (Å²) in [5, 5.41) is 15.9. The standard InChI is InChI=1S/C20H26Cl2N4O2/c1-2-26(12-17(27)24-19-15(21)8-7-9-16(19)22)13-18(28)25-20(14-23)10-5-3-4-6-11-20/h7-9H,2-6,10-13H2,1H3,(H,24,27)(H,25,28). The molecule has 1 saturated carbocycles. The normalized spacial score (nSPS) is 16.1. The van der Waals surface area contributed by atoms with E-state index >= 15 is 0 Å². The van der Waals surface area contributed by atoms with Crippen LogP contribution in [0, 0.1) is 11.3 Å². The average molecular weight is 425 g/mol. The van der Waals surface area contributed by atoms with Crippen LogP contribution in [-0.4, -0.2) is 41.9 Å². The number of nitrogens with one attached hydrogen (secondary N) is 2. The van der Waals surface area contributed by atoms with Gasteiger partial charge in [0.2, 0.25) is 11.8 Å². The van der Waals surface area contributed by atoms with Crippen molar-refractivity contribution < 1.29 is 9.59 Å². The minimum atomic E-state index is -0.791. The minimum absolute atomic E-state index is 0.0189. The van der Waals surface area contributed by atoms with E-state index < -0.39 is 5.54 Å². The predicted molar refractivity (Wildman–Crippen MR) is 111 cm³/mol. The van der Waals surface area contributed by atoms with E-state index in [1.54, 1.807) is 23.1 Å². The first-order valence-corrected chi connectivity index (χ1v) is 10.3. The van der Waals surface area contributed by atoms with Gasteiger partial charge in [-0.05, 0) is 31.5 Å². The monoisotopic (exact) mass is 424 g/mol. The molecule has 1 fully saturated rings. The van der Waals surface area contributed by atoms with Crippen molar-refractivity contribution in [3.05, 3.63) is 28.2 Å². The summed E-state index contributed by atoms with van der Waals surface area (Å²) in [5.74, 6) is -0.553.